The van der Waals surface area contributed by atoms with Gasteiger partial charge in [0.2, 0.25) is 11.8 Å². The van der Waals surface area contributed by atoms with Crippen molar-refractivity contribution >= 4 is 22.8 Å². The number of aliphatic hydroxyl groups is 1. The molecule has 0 radical (unpaired) electrons. The number of amides is 2. The van der Waals surface area contributed by atoms with Crippen LogP contribution in [0.5, 0.6) is 0 Å². The number of para-hydroxylation sites is 1. The fourth-order valence-corrected chi connectivity index (χ4v) is 7.36. The van der Waals surface area contributed by atoms with Crippen molar-refractivity contribution < 1.29 is 19.2 Å². The molecule has 0 bridgehead atoms. The van der Waals surface area contributed by atoms with Gasteiger partial charge in [-0.25, -0.2) is 0 Å². The number of aromatic nitrogens is 1. The van der Waals surface area contributed by atoms with Gasteiger partial charge in [0.1, 0.15) is 0 Å². The van der Waals surface area contributed by atoms with E-state index in [4.69, 9.17) is 4.52 Å². The highest BCUT2D eigenvalue weighted by molar-refractivity contribution is 6.05. The molecule has 2 amide bonds. The SMILES string of the molecule is CC1CC2C(=O)N(CC3CCC[C@@H]3CN3CCC(c4noc5ccccc45)CC3)C(=O)C2CC1O. The van der Waals surface area contributed by atoms with Gasteiger partial charge in [0.15, 0.2) is 5.58 Å². The smallest absolute Gasteiger partial charge is 0.233 e. The third kappa shape index (κ3) is 4.20. The Balaban J connectivity index is 1.05. The van der Waals surface area contributed by atoms with Crippen molar-refractivity contribution in [2.75, 3.05) is 26.2 Å². The van der Waals surface area contributed by atoms with Crippen molar-refractivity contribution in [1.29, 1.82) is 0 Å². The van der Waals surface area contributed by atoms with Crippen molar-refractivity contribution in [3.05, 3.63) is 30.0 Å². The number of nitrogens with zero attached hydrogens (tertiary/aromatic N) is 3. The van der Waals surface area contributed by atoms with Crippen LogP contribution >= 0.6 is 0 Å². The summed E-state index contributed by atoms with van der Waals surface area (Å²) in [5.41, 5.74) is 1.97. The van der Waals surface area contributed by atoms with Crippen LogP contribution < -0.4 is 0 Å². The molecular formula is C28H37N3O4. The molecule has 6 rings (SSSR count). The lowest BCUT2D eigenvalue weighted by Gasteiger charge is -2.35. The summed E-state index contributed by atoms with van der Waals surface area (Å²) in [6, 6.07) is 8.12. The molecule has 7 nitrogen and oxygen atoms in total. The number of fused-ring (bicyclic) bond motifs is 2. The summed E-state index contributed by atoms with van der Waals surface area (Å²) in [5.74, 6) is 0.922. The fraction of sp³-hybridized carbons (Fsp3) is 0.679. The minimum atomic E-state index is -0.467. The minimum Gasteiger partial charge on any atom is -0.393 e. The minimum absolute atomic E-state index is 0.0186. The molecule has 1 aromatic heterocycles. The van der Waals surface area contributed by atoms with Gasteiger partial charge in [-0.1, -0.05) is 30.6 Å². The summed E-state index contributed by atoms with van der Waals surface area (Å²) >= 11 is 0. The van der Waals surface area contributed by atoms with E-state index in [0.29, 0.717) is 37.1 Å². The summed E-state index contributed by atoms with van der Waals surface area (Å²) in [6.07, 6.45) is 6.23. The number of imide groups is 1. The van der Waals surface area contributed by atoms with Gasteiger partial charge < -0.3 is 14.5 Å². The van der Waals surface area contributed by atoms with E-state index in [1.165, 1.54) is 12.8 Å². The lowest BCUT2D eigenvalue weighted by Crippen LogP contribution is -2.41. The number of aliphatic hydroxyl groups excluding tert-OH is 1. The molecule has 4 fully saturated rings. The Kier molecular flexibility index (Phi) is 6.17. The third-order valence-corrected chi connectivity index (χ3v) is 9.54. The highest BCUT2D eigenvalue weighted by Crippen LogP contribution is 2.43. The van der Waals surface area contributed by atoms with E-state index in [-0.39, 0.29) is 29.6 Å². The van der Waals surface area contributed by atoms with Crippen LogP contribution in [0.25, 0.3) is 11.0 Å². The standard InChI is InChI=1S/C28H37N3O4/c1-17-13-22-23(14-24(17)32)28(34)31(27(22)33)16-20-6-4-5-19(20)15-30-11-9-18(10-12-30)26-21-7-2-3-8-25(21)35-29-26/h2-3,7-8,17-20,22-24,32H,4-6,9-16H2,1H3/t17?,19-,20?,22?,23?,24?/m1/s1. The van der Waals surface area contributed by atoms with E-state index in [1.807, 2.05) is 25.1 Å². The summed E-state index contributed by atoms with van der Waals surface area (Å²) in [4.78, 5) is 30.4. The third-order valence-electron chi connectivity index (χ3n) is 9.54. The van der Waals surface area contributed by atoms with Crippen LogP contribution in [-0.4, -0.2) is 64.2 Å². The molecule has 2 aromatic rings. The molecule has 0 spiro atoms. The van der Waals surface area contributed by atoms with Gasteiger partial charge in [-0.3, -0.25) is 14.5 Å². The molecule has 2 saturated carbocycles. The Morgan fingerprint density at radius 2 is 1.66 bits per heavy atom. The second-order valence-electron chi connectivity index (χ2n) is 11.6. The first-order chi connectivity index (χ1) is 17.0. The zero-order chi connectivity index (χ0) is 24.1. The molecule has 4 aliphatic rings. The van der Waals surface area contributed by atoms with Crippen LogP contribution in [0.1, 0.15) is 63.5 Å². The van der Waals surface area contributed by atoms with Crippen molar-refractivity contribution in [3.8, 4) is 0 Å². The molecule has 35 heavy (non-hydrogen) atoms. The van der Waals surface area contributed by atoms with Gasteiger partial charge in [-0.2, -0.15) is 0 Å². The molecular weight excluding hydrogens is 442 g/mol. The van der Waals surface area contributed by atoms with E-state index in [2.05, 4.69) is 16.1 Å². The molecule has 1 aromatic carbocycles. The maximum atomic E-state index is 13.1. The molecule has 188 valence electrons. The molecule has 3 heterocycles. The monoisotopic (exact) mass is 479 g/mol. The summed E-state index contributed by atoms with van der Waals surface area (Å²) in [7, 11) is 0. The maximum Gasteiger partial charge on any atom is 0.233 e. The Labute approximate surface area is 206 Å². The zero-order valence-corrected chi connectivity index (χ0v) is 20.6. The van der Waals surface area contributed by atoms with Gasteiger partial charge >= 0.3 is 0 Å². The van der Waals surface area contributed by atoms with Crippen molar-refractivity contribution in [2.45, 2.75) is 63.9 Å². The van der Waals surface area contributed by atoms with E-state index in [1.54, 1.807) is 4.90 Å². The Morgan fingerprint density at radius 1 is 0.971 bits per heavy atom. The summed E-state index contributed by atoms with van der Waals surface area (Å²) in [6.45, 7) is 5.71. The molecule has 2 aliphatic heterocycles. The first-order valence-electron chi connectivity index (χ1n) is 13.6. The van der Waals surface area contributed by atoms with Crippen LogP contribution in [0, 0.1) is 29.6 Å². The number of benzene rings is 1. The predicted molar refractivity (Wildman–Crippen MR) is 131 cm³/mol. The van der Waals surface area contributed by atoms with Gasteiger partial charge in [-0.05, 0) is 81.5 Å². The predicted octanol–water partition coefficient (Wildman–Crippen LogP) is 3.82. The average molecular weight is 480 g/mol. The average Bonchev–Trinajstić information content (AvgIpc) is 3.55. The Bertz CT molecular complexity index is 1060. The second-order valence-corrected chi connectivity index (χ2v) is 11.6. The van der Waals surface area contributed by atoms with Gasteiger partial charge in [-0.15, -0.1) is 0 Å². The Morgan fingerprint density at radius 3 is 2.43 bits per heavy atom. The molecule has 2 aliphatic carbocycles. The Hall–Kier alpha value is -2.25. The van der Waals surface area contributed by atoms with Crippen LogP contribution in [0.3, 0.4) is 0 Å². The number of carbonyl (C=O) groups excluding carboxylic acids is 2. The number of hydrogen-bond donors (Lipinski definition) is 1. The highest BCUT2D eigenvalue weighted by atomic mass is 16.5. The van der Waals surface area contributed by atoms with Gasteiger partial charge in [0.25, 0.3) is 0 Å². The van der Waals surface area contributed by atoms with Crippen LogP contribution in [0.4, 0.5) is 0 Å². The number of piperidine rings is 1. The summed E-state index contributed by atoms with van der Waals surface area (Å²) < 4.78 is 5.54. The lowest BCUT2D eigenvalue weighted by molar-refractivity contribution is -0.141. The first-order valence-corrected chi connectivity index (χ1v) is 13.6. The molecule has 2 saturated heterocycles. The quantitative estimate of drug-likeness (QED) is 0.656. The maximum absolute atomic E-state index is 13.1. The number of carbonyl (C=O) groups is 2. The van der Waals surface area contributed by atoms with Crippen LogP contribution in [0.2, 0.25) is 0 Å². The van der Waals surface area contributed by atoms with E-state index < -0.39 is 6.10 Å². The largest absolute Gasteiger partial charge is 0.393 e. The normalized spacial score (nSPS) is 34.7. The zero-order valence-electron chi connectivity index (χ0n) is 20.6. The van der Waals surface area contributed by atoms with E-state index >= 15 is 0 Å². The number of likely N-dealkylation sites (tertiary alicyclic amines) is 2. The molecule has 6 atom stereocenters. The van der Waals surface area contributed by atoms with Crippen molar-refractivity contribution in [1.82, 2.24) is 15.0 Å². The van der Waals surface area contributed by atoms with Crippen LogP contribution in [-0.2, 0) is 9.59 Å². The number of rotatable bonds is 5. The molecule has 5 unspecified atom stereocenters. The molecule has 7 heteroatoms. The van der Waals surface area contributed by atoms with Gasteiger partial charge in [0.05, 0.1) is 23.6 Å². The topological polar surface area (TPSA) is 86.9 Å². The molecule has 1 N–H and O–H groups in total. The van der Waals surface area contributed by atoms with Gasteiger partial charge in [0, 0.05) is 24.4 Å². The van der Waals surface area contributed by atoms with E-state index in [9.17, 15) is 14.7 Å². The highest BCUT2D eigenvalue weighted by Gasteiger charge is 2.52. The first kappa shape index (κ1) is 23.2. The lowest BCUT2D eigenvalue weighted by atomic mass is 9.74. The number of hydrogen-bond acceptors (Lipinski definition) is 6. The second kappa shape index (κ2) is 9.32. The van der Waals surface area contributed by atoms with Crippen molar-refractivity contribution in [2.24, 2.45) is 29.6 Å². The van der Waals surface area contributed by atoms with E-state index in [0.717, 1.165) is 55.6 Å². The fourth-order valence-electron chi connectivity index (χ4n) is 7.36. The van der Waals surface area contributed by atoms with Crippen molar-refractivity contribution in [3.63, 3.8) is 0 Å². The summed E-state index contributed by atoms with van der Waals surface area (Å²) in [5, 5.41) is 15.8. The van der Waals surface area contributed by atoms with Crippen LogP contribution in [0.15, 0.2) is 28.8 Å².